The number of rotatable bonds is 8. The molecule has 1 nitrogen and oxygen atoms in total. The highest BCUT2D eigenvalue weighted by Gasteiger charge is 2.30. The molecule has 1 aliphatic heterocycles. The molecule has 4 unspecified atom stereocenters. The number of aryl methyl sites for hydroxylation is 1. The van der Waals surface area contributed by atoms with E-state index in [0.29, 0.717) is 23.7 Å². The summed E-state index contributed by atoms with van der Waals surface area (Å²) in [7, 11) is 0. The standard InChI is InChI=1S/C36H53N/c1-11-30-21-27(5)19-20-37(24-30)34(25(2)3)23-28(6)35(32-14-12-13-26(4)22-32)29(7)31-15-17-33(18-16-31)36(8,9)10/h12-18,21-22,28-30,35H,11,19-20,23-24H2,1-10H3. The lowest BCUT2D eigenvalue weighted by atomic mass is 9.73. The van der Waals surface area contributed by atoms with Crippen LogP contribution in [-0.4, -0.2) is 18.0 Å². The quantitative estimate of drug-likeness (QED) is 0.326. The maximum absolute atomic E-state index is 2.73. The van der Waals surface area contributed by atoms with Crippen molar-refractivity contribution in [2.75, 3.05) is 13.1 Å². The van der Waals surface area contributed by atoms with Crippen LogP contribution in [-0.2, 0) is 5.41 Å². The molecule has 0 bridgehead atoms. The van der Waals surface area contributed by atoms with E-state index in [-0.39, 0.29) is 5.41 Å². The fourth-order valence-corrected chi connectivity index (χ4v) is 6.28. The first kappa shape index (κ1) is 29.3. The van der Waals surface area contributed by atoms with Crippen molar-refractivity contribution in [1.29, 1.82) is 0 Å². The number of nitrogens with zero attached hydrogens (tertiary/aromatic N) is 1. The summed E-state index contributed by atoms with van der Waals surface area (Å²) in [6.45, 7) is 25.7. The zero-order valence-corrected chi connectivity index (χ0v) is 25.5. The van der Waals surface area contributed by atoms with Crippen molar-refractivity contribution in [3.8, 4) is 0 Å². The maximum Gasteiger partial charge on any atom is 0.0238 e. The monoisotopic (exact) mass is 499 g/mol. The Morgan fingerprint density at radius 2 is 1.65 bits per heavy atom. The molecule has 2 aromatic rings. The Morgan fingerprint density at radius 1 is 0.973 bits per heavy atom. The molecule has 0 aromatic heterocycles. The Labute approximate surface area is 229 Å². The van der Waals surface area contributed by atoms with Crippen molar-refractivity contribution in [3.63, 3.8) is 0 Å². The minimum atomic E-state index is 0.181. The second-order valence-electron chi connectivity index (χ2n) is 13.1. The van der Waals surface area contributed by atoms with Crippen molar-refractivity contribution in [3.05, 3.63) is 93.7 Å². The fraction of sp³-hybridized carbons (Fsp3) is 0.556. The van der Waals surface area contributed by atoms with Gasteiger partial charge in [0, 0.05) is 18.8 Å². The number of hydrogen-bond donors (Lipinski definition) is 0. The number of hydrogen-bond acceptors (Lipinski definition) is 1. The van der Waals surface area contributed by atoms with Crippen molar-refractivity contribution >= 4 is 0 Å². The van der Waals surface area contributed by atoms with Gasteiger partial charge >= 0.3 is 0 Å². The highest BCUT2D eigenvalue weighted by Crippen LogP contribution is 2.42. The molecule has 0 fully saturated rings. The van der Waals surface area contributed by atoms with E-state index in [4.69, 9.17) is 0 Å². The van der Waals surface area contributed by atoms with Gasteiger partial charge in [0.05, 0.1) is 0 Å². The molecule has 2 aromatic carbocycles. The molecule has 1 heterocycles. The maximum atomic E-state index is 2.73. The van der Waals surface area contributed by atoms with Crippen LogP contribution in [0.25, 0.3) is 0 Å². The van der Waals surface area contributed by atoms with Crippen LogP contribution in [0.3, 0.4) is 0 Å². The van der Waals surface area contributed by atoms with Gasteiger partial charge in [-0.2, -0.15) is 0 Å². The Balaban J connectivity index is 1.94. The molecule has 1 aliphatic rings. The molecule has 0 spiro atoms. The summed E-state index contributed by atoms with van der Waals surface area (Å²) in [5.74, 6) is 2.09. The first-order chi connectivity index (χ1) is 17.4. The summed E-state index contributed by atoms with van der Waals surface area (Å²) < 4.78 is 0. The van der Waals surface area contributed by atoms with E-state index >= 15 is 0 Å². The molecule has 0 saturated heterocycles. The molecule has 4 atom stereocenters. The Kier molecular flexibility index (Phi) is 9.90. The first-order valence-corrected chi connectivity index (χ1v) is 14.7. The van der Waals surface area contributed by atoms with Crippen LogP contribution < -0.4 is 0 Å². The van der Waals surface area contributed by atoms with Crippen molar-refractivity contribution < 1.29 is 0 Å². The molecule has 0 saturated carbocycles. The molecular weight excluding hydrogens is 446 g/mol. The van der Waals surface area contributed by atoms with Gasteiger partial charge in [-0.3, -0.25) is 0 Å². The molecule has 0 radical (unpaired) electrons. The van der Waals surface area contributed by atoms with Crippen LogP contribution in [0, 0.1) is 18.8 Å². The average Bonchev–Trinajstić information content (AvgIpc) is 3.03. The van der Waals surface area contributed by atoms with Crippen molar-refractivity contribution in [2.45, 2.75) is 106 Å². The third-order valence-corrected chi connectivity index (χ3v) is 8.63. The van der Waals surface area contributed by atoms with Gasteiger partial charge in [0.1, 0.15) is 0 Å². The second kappa shape index (κ2) is 12.5. The largest absolute Gasteiger partial charge is 0.374 e. The third kappa shape index (κ3) is 7.62. The van der Waals surface area contributed by atoms with E-state index in [1.54, 1.807) is 11.3 Å². The predicted molar refractivity (Wildman–Crippen MR) is 163 cm³/mol. The topological polar surface area (TPSA) is 3.24 Å². The first-order valence-electron chi connectivity index (χ1n) is 14.7. The van der Waals surface area contributed by atoms with Crippen LogP contribution in [0.1, 0.15) is 116 Å². The fourth-order valence-electron chi connectivity index (χ4n) is 6.28. The Bertz CT molecular complexity index is 1070. The van der Waals surface area contributed by atoms with E-state index in [2.05, 4.69) is 129 Å². The zero-order chi connectivity index (χ0) is 27.3. The van der Waals surface area contributed by atoms with Gasteiger partial charge < -0.3 is 4.90 Å². The summed E-state index contributed by atoms with van der Waals surface area (Å²) in [6.07, 6.45) is 6.05. The molecule has 0 N–H and O–H groups in total. The van der Waals surface area contributed by atoms with Crippen LogP contribution in [0.4, 0.5) is 0 Å². The summed E-state index contributed by atoms with van der Waals surface area (Å²) in [4.78, 5) is 2.73. The van der Waals surface area contributed by atoms with Gasteiger partial charge in [0.25, 0.3) is 0 Å². The van der Waals surface area contributed by atoms with Crippen LogP contribution in [0.2, 0.25) is 0 Å². The van der Waals surface area contributed by atoms with E-state index in [1.165, 1.54) is 40.7 Å². The van der Waals surface area contributed by atoms with Gasteiger partial charge in [0.2, 0.25) is 0 Å². The molecule has 0 amide bonds. The number of allylic oxidation sites excluding steroid dienone is 2. The predicted octanol–water partition coefficient (Wildman–Crippen LogP) is 10.2. The van der Waals surface area contributed by atoms with E-state index < -0.39 is 0 Å². The van der Waals surface area contributed by atoms with Crippen LogP contribution in [0.5, 0.6) is 0 Å². The Hall–Kier alpha value is -2.28. The minimum absolute atomic E-state index is 0.181. The molecule has 37 heavy (non-hydrogen) atoms. The molecule has 202 valence electrons. The molecular formula is C36H53N. The molecule has 3 rings (SSSR count). The van der Waals surface area contributed by atoms with Gasteiger partial charge in [0.15, 0.2) is 0 Å². The Morgan fingerprint density at radius 3 is 2.22 bits per heavy atom. The highest BCUT2D eigenvalue weighted by atomic mass is 15.1. The van der Waals surface area contributed by atoms with Crippen LogP contribution >= 0.6 is 0 Å². The lowest BCUT2D eigenvalue weighted by molar-refractivity contribution is 0.280. The average molecular weight is 500 g/mol. The SMILES string of the molecule is CCC1C=C(C)CCN(C(CC(C)C(c2cccc(C)c2)C(C)c2ccc(C(C)(C)C)cc2)=C(C)C)C1. The third-order valence-electron chi connectivity index (χ3n) is 8.63. The smallest absolute Gasteiger partial charge is 0.0238 e. The summed E-state index contributed by atoms with van der Waals surface area (Å²) in [5.41, 5.74) is 10.5. The van der Waals surface area contributed by atoms with Gasteiger partial charge in [-0.1, -0.05) is 113 Å². The number of benzene rings is 2. The lowest BCUT2D eigenvalue weighted by Crippen LogP contribution is -2.30. The lowest BCUT2D eigenvalue weighted by Gasteiger charge is -2.36. The minimum Gasteiger partial charge on any atom is -0.374 e. The summed E-state index contributed by atoms with van der Waals surface area (Å²) in [5, 5.41) is 0. The second-order valence-corrected chi connectivity index (χ2v) is 13.1. The summed E-state index contributed by atoms with van der Waals surface area (Å²) >= 11 is 0. The van der Waals surface area contributed by atoms with E-state index in [1.807, 2.05) is 0 Å². The van der Waals surface area contributed by atoms with Crippen molar-refractivity contribution in [2.24, 2.45) is 11.8 Å². The van der Waals surface area contributed by atoms with Crippen molar-refractivity contribution in [1.82, 2.24) is 4.90 Å². The van der Waals surface area contributed by atoms with E-state index in [0.717, 1.165) is 19.5 Å². The van der Waals surface area contributed by atoms with Gasteiger partial charge in [-0.05, 0) is 92.7 Å². The summed E-state index contributed by atoms with van der Waals surface area (Å²) in [6, 6.07) is 18.7. The normalized spacial score (nSPS) is 19.0. The van der Waals surface area contributed by atoms with Crippen LogP contribution in [0.15, 0.2) is 71.5 Å². The van der Waals surface area contributed by atoms with Gasteiger partial charge in [-0.25, -0.2) is 0 Å². The zero-order valence-electron chi connectivity index (χ0n) is 25.5. The van der Waals surface area contributed by atoms with Gasteiger partial charge in [-0.15, -0.1) is 0 Å². The molecule has 0 aliphatic carbocycles. The molecule has 1 heteroatoms. The van der Waals surface area contributed by atoms with E-state index in [9.17, 15) is 0 Å². The highest BCUT2D eigenvalue weighted by molar-refractivity contribution is 5.34.